The minimum Gasteiger partial charge on any atom is -0.457 e. The summed E-state index contributed by atoms with van der Waals surface area (Å²) < 4.78 is 5.82. The number of nitrogen functional groups attached to an aromatic ring is 2. The van der Waals surface area contributed by atoms with Crippen LogP contribution in [0.2, 0.25) is 0 Å². The van der Waals surface area contributed by atoms with Crippen LogP contribution < -0.4 is 16.2 Å². The third-order valence-corrected chi connectivity index (χ3v) is 3.98. The molecule has 0 saturated carbocycles. The van der Waals surface area contributed by atoms with Gasteiger partial charge in [-0.1, -0.05) is 39.0 Å². The van der Waals surface area contributed by atoms with Crippen LogP contribution in [0, 0.1) is 5.41 Å². The van der Waals surface area contributed by atoms with Crippen molar-refractivity contribution < 1.29 is 4.74 Å². The number of aromatic nitrogens is 2. The SMILES string of the molecule is CC(C)(C)c1nc(N)c(C(=N)N)c(-c2ccc(Oc3ccccc3)cc2)n1. The molecule has 27 heavy (non-hydrogen) atoms. The number of hydrogen-bond acceptors (Lipinski definition) is 5. The van der Waals surface area contributed by atoms with Crippen molar-refractivity contribution in [3.05, 3.63) is 66.0 Å². The highest BCUT2D eigenvalue weighted by Crippen LogP contribution is 2.30. The van der Waals surface area contributed by atoms with Crippen LogP contribution >= 0.6 is 0 Å². The van der Waals surface area contributed by atoms with E-state index in [1.807, 2.05) is 75.4 Å². The van der Waals surface area contributed by atoms with Crippen LogP contribution in [-0.4, -0.2) is 15.8 Å². The Morgan fingerprint density at radius 3 is 2.07 bits per heavy atom. The Kier molecular flexibility index (Phi) is 4.81. The summed E-state index contributed by atoms with van der Waals surface area (Å²) in [6.45, 7) is 6.03. The zero-order chi connectivity index (χ0) is 19.6. The van der Waals surface area contributed by atoms with Crippen LogP contribution in [0.1, 0.15) is 32.2 Å². The molecule has 6 heteroatoms. The molecule has 0 aliphatic carbocycles. The number of benzene rings is 2. The monoisotopic (exact) mass is 361 g/mol. The largest absolute Gasteiger partial charge is 0.457 e. The average molecular weight is 361 g/mol. The quantitative estimate of drug-likeness (QED) is 0.478. The molecule has 1 aromatic heterocycles. The Balaban J connectivity index is 2.02. The van der Waals surface area contributed by atoms with Crippen LogP contribution in [0.15, 0.2) is 54.6 Å². The van der Waals surface area contributed by atoms with Gasteiger partial charge < -0.3 is 16.2 Å². The Labute approximate surface area is 158 Å². The number of ether oxygens (including phenoxy) is 1. The molecule has 0 aliphatic heterocycles. The first-order valence-electron chi connectivity index (χ1n) is 8.61. The van der Waals surface area contributed by atoms with E-state index in [2.05, 4.69) is 9.97 Å². The lowest BCUT2D eigenvalue weighted by molar-refractivity contribution is 0.483. The molecular weight excluding hydrogens is 338 g/mol. The first kappa shape index (κ1) is 18.4. The second kappa shape index (κ2) is 7.07. The molecule has 1 heterocycles. The maximum Gasteiger partial charge on any atom is 0.138 e. The van der Waals surface area contributed by atoms with Crippen molar-refractivity contribution in [1.29, 1.82) is 5.41 Å². The lowest BCUT2D eigenvalue weighted by atomic mass is 9.94. The van der Waals surface area contributed by atoms with Crippen molar-refractivity contribution in [2.45, 2.75) is 26.2 Å². The summed E-state index contributed by atoms with van der Waals surface area (Å²) in [5.41, 5.74) is 13.2. The van der Waals surface area contributed by atoms with E-state index in [1.165, 1.54) is 0 Å². The molecule has 6 nitrogen and oxygen atoms in total. The molecule has 0 bridgehead atoms. The highest BCUT2D eigenvalue weighted by atomic mass is 16.5. The number of anilines is 1. The first-order chi connectivity index (χ1) is 12.8. The van der Waals surface area contributed by atoms with E-state index in [1.54, 1.807) is 0 Å². The molecule has 0 atom stereocenters. The fourth-order valence-corrected chi connectivity index (χ4v) is 2.59. The summed E-state index contributed by atoms with van der Waals surface area (Å²) in [5, 5.41) is 7.88. The summed E-state index contributed by atoms with van der Waals surface area (Å²) in [6, 6.07) is 17.0. The lowest BCUT2D eigenvalue weighted by Gasteiger charge is -2.20. The number of nitrogens with two attached hydrogens (primary N) is 2. The number of nitrogens with one attached hydrogen (secondary N) is 1. The van der Waals surface area contributed by atoms with Crippen molar-refractivity contribution in [1.82, 2.24) is 9.97 Å². The zero-order valence-corrected chi connectivity index (χ0v) is 15.7. The number of hydrogen-bond donors (Lipinski definition) is 3. The first-order valence-corrected chi connectivity index (χ1v) is 8.61. The second-order valence-corrected chi connectivity index (χ2v) is 7.26. The van der Waals surface area contributed by atoms with Crippen molar-refractivity contribution in [2.24, 2.45) is 5.73 Å². The lowest BCUT2D eigenvalue weighted by Crippen LogP contribution is -2.22. The highest BCUT2D eigenvalue weighted by Gasteiger charge is 2.23. The zero-order valence-electron chi connectivity index (χ0n) is 15.7. The standard InChI is InChI=1S/C21H23N5O/c1-21(2,3)20-25-17(16(18(22)23)19(24)26-20)13-9-11-15(12-10-13)27-14-7-5-4-6-8-14/h4-12H,1-3H3,(H3,22,23)(H2,24,25,26). The van der Waals surface area contributed by atoms with E-state index >= 15 is 0 Å². The predicted octanol–water partition coefficient (Wildman–Crippen LogP) is 4.10. The molecule has 0 saturated heterocycles. The fraction of sp³-hybridized carbons (Fsp3) is 0.190. The van der Waals surface area contributed by atoms with Crippen LogP contribution in [0.4, 0.5) is 5.82 Å². The fourth-order valence-electron chi connectivity index (χ4n) is 2.59. The van der Waals surface area contributed by atoms with Gasteiger partial charge in [0.15, 0.2) is 0 Å². The molecule has 0 amide bonds. The third kappa shape index (κ3) is 4.06. The van der Waals surface area contributed by atoms with Gasteiger partial charge in [-0.25, -0.2) is 9.97 Å². The Morgan fingerprint density at radius 2 is 1.52 bits per heavy atom. The number of amidine groups is 1. The Hall–Kier alpha value is -3.41. The van der Waals surface area contributed by atoms with Crippen molar-refractivity contribution in [2.75, 3.05) is 5.73 Å². The average Bonchev–Trinajstić information content (AvgIpc) is 2.61. The molecular formula is C21H23N5O. The van der Waals surface area contributed by atoms with Gasteiger partial charge in [0.1, 0.15) is 29.0 Å². The normalized spacial score (nSPS) is 11.2. The van der Waals surface area contributed by atoms with E-state index in [4.69, 9.17) is 21.6 Å². The topological polar surface area (TPSA) is 111 Å². The van der Waals surface area contributed by atoms with Crippen molar-refractivity contribution >= 4 is 11.7 Å². The molecule has 0 radical (unpaired) electrons. The number of nitrogens with zero attached hydrogens (tertiary/aromatic N) is 2. The van der Waals surface area contributed by atoms with Crippen LogP contribution in [0.5, 0.6) is 11.5 Å². The minimum absolute atomic E-state index is 0.160. The van der Waals surface area contributed by atoms with E-state index in [-0.39, 0.29) is 17.1 Å². The summed E-state index contributed by atoms with van der Waals surface area (Å²) in [7, 11) is 0. The van der Waals surface area contributed by atoms with Gasteiger partial charge in [0.2, 0.25) is 0 Å². The number of para-hydroxylation sites is 1. The van der Waals surface area contributed by atoms with Gasteiger partial charge in [0, 0.05) is 11.0 Å². The Morgan fingerprint density at radius 1 is 0.926 bits per heavy atom. The smallest absolute Gasteiger partial charge is 0.138 e. The molecule has 3 rings (SSSR count). The van der Waals surface area contributed by atoms with E-state index in [9.17, 15) is 0 Å². The summed E-state index contributed by atoms with van der Waals surface area (Å²) in [5.74, 6) is 2.11. The van der Waals surface area contributed by atoms with Gasteiger partial charge in [0.25, 0.3) is 0 Å². The number of rotatable bonds is 4. The van der Waals surface area contributed by atoms with Crippen LogP contribution in [-0.2, 0) is 5.41 Å². The summed E-state index contributed by atoms with van der Waals surface area (Å²) in [6.07, 6.45) is 0. The maximum absolute atomic E-state index is 7.88. The summed E-state index contributed by atoms with van der Waals surface area (Å²) >= 11 is 0. The second-order valence-electron chi connectivity index (χ2n) is 7.26. The van der Waals surface area contributed by atoms with Crippen LogP contribution in [0.25, 0.3) is 11.3 Å². The summed E-state index contributed by atoms with van der Waals surface area (Å²) in [4.78, 5) is 9.00. The molecule has 138 valence electrons. The van der Waals surface area contributed by atoms with E-state index < -0.39 is 0 Å². The molecule has 0 fully saturated rings. The predicted molar refractivity (Wildman–Crippen MR) is 108 cm³/mol. The third-order valence-electron chi connectivity index (χ3n) is 3.98. The highest BCUT2D eigenvalue weighted by molar-refractivity contribution is 6.04. The van der Waals surface area contributed by atoms with Gasteiger partial charge in [-0.15, -0.1) is 0 Å². The van der Waals surface area contributed by atoms with E-state index in [0.717, 1.165) is 11.3 Å². The minimum atomic E-state index is -0.283. The van der Waals surface area contributed by atoms with Crippen molar-refractivity contribution in [3.8, 4) is 22.8 Å². The maximum atomic E-state index is 7.88. The van der Waals surface area contributed by atoms with Gasteiger partial charge in [0.05, 0.1) is 11.3 Å². The van der Waals surface area contributed by atoms with Gasteiger partial charge >= 0.3 is 0 Å². The van der Waals surface area contributed by atoms with Crippen molar-refractivity contribution in [3.63, 3.8) is 0 Å². The van der Waals surface area contributed by atoms with Gasteiger partial charge in [-0.05, 0) is 36.4 Å². The molecule has 5 N–H and O–H groups in total. The molecule has 0 unspecified atom stereocenters. The Bertz CT molecular complexity index is 960. The van der Waals surface area contributed by atoms with Crippen LogP contribution in [0.3, 0.4) is 0 Å². The van der Waals surface area contributed by atoms with E-state index in [0.29, 0.717) is 22.8 Å². The molecule has 3 aromatic rings. The van der Waals surface area contributed by atoms with Gasteiger partial charge in [-0.2, -0.15) is 0 Å². The van der Waals surface area contributed by atoms with Gasteiger partial charge in [-0.3, -0.25) is 5.41 Å². The molecule has 2 aromatic carbocycles. The molecule has 0 aliphatic rings. The molecule has 0 spiro atoms.